The van der Waals surface area contributed by atoms with E-state index >= 15 is 0 Å². The highest BCUT2D eigenvalue weighted by molar-refractivity contribution is 9.10. The lowest BCUT2D eigenvalue weighted by atomic mass is 10.0. The number of amides is 1. The number of carbonyl (C=O) groups excluding carboxylic acids is 1. The zero-order valence-corrected chi connectivity index (χ0v) is 13.7. The maximum atomic E-state index is 12.2. The van der Waals surface area contributed by atoms with Crippen LogP contribution in [0.4, 0.5) is 5.69 Å². The maximum Gasteiger partial charge on any atom is 0.256 e. The van der Waals surface area contributed by atoms with Crippen LogP contribution < -0.4 is 14.8 Å². The summed E-state index contributed by atoms with van der Waals surface area (Å²) >= 11 is 3.46. The van der Waals surface area contributed by atoms with Crippen LogP contribution in [-0.4, -0.2) is 20.1 Å². The van der Waals surface area contributed by atoms with Gasteiger partial charge in [0.1, 0.15) is 11.5 Å². The third-order valence-corrected chi connectivity index (χ3v) is 4.13. The first-order chi connectivity index (χ1) is 10.6. The summed E-state index contributed by atoms with van der Waals surface area (Å²) in [5.74, 6) is 1.20. The molecule has 2 aromatic carbocycles. The van der Waals surface area contributed by atoms with Gasteiger partial charge >= 0.3 is 0 Å². The molecule has 1 aliphatic heterocycles. The van der Waals surface area contributed by atoms with E-state index in [4.69, 9.17) is 9.47 Å². The van der Waals surface area contributed by atoms with Crippen molar-refractivity contribution in [3.63, 3.8) is 0 Å². The number of carbonyl (C=O) groups is 1. The number of halogens is 1. The topological polar surface area (TPSA) is 47.6 Å². The van der Waals surface area contributed by atoms with Gasteiger partial charge in [-0.3, -0.25) is 4.79 Å². The van der Waals surface area contributed by atoms with Crippen molar-refractivity contribution < 1.29 is 14.3 Å². The normalized spacial score (nSPS) is 14.7. The zero-order chi connectivity index (χ0) is 15.7. The molecular weight excluding hydrogens is 346 g/mol. The van der Waals surface area contributed by atoms with Crippen molar-refractivity contribution in [1.82, 2.24) is 0 Å². The van der Waals surface area contributed by atoms with Gasteiger partial charge in [-0.05, 0) is 34.1 Å². The van der Waals surface area contributed by atoms with Crippen LogP contribution in [0.15, 0.2) is 40.9 Å². The number of fused-ring (bicyclic) bond motifs is 1. The van der Waals surface area contributed by atoms with Gasteiger partial charge in [-0.1, -0.05) is 18.2 Å². The minimum atomic E-state index is -0.116. The fraction of sp³-hybridized carbons (Fsp3) is 0.118. The molecule has 3 rings (SSSR count). The first-order valence-corrected chi connectivity index (χ1v) is 7.47. The second-order valence-electron chi connectivity index (χ2n) is 4.79. The number of anilines is 1. The summed E-state index contributed by atoms with van der Waals surface area (Å²) in [6, 6.07) is 11.3. The first kappa shape index (κ1) is 14.7. The van der Waals surface area contributed by atoms with Gasteiger partial charge < -0.3 is 14.8 Å². The summed E-state index contributed by atoms with van der Waals surface area (Å²) in [5.41, 5.74) is 3.13. The highest BCUT2D eigenvalue weighted by Crippen LogP contribution is 2.37. The molecule has 112 valence electrons. The molecule has 4 nitrogen and oxygen atoms in total. The molecule has 1 heterocycles. The molecule has 5 heteroatoms. The fourth-order valence-electron chi connectivity index (χ4n) is 2.43. The van der Waals surface area contributed by atoms with E-state index in [9.17, 15) is 4.79 Å². The molecular formula is C17H14BrNO3. The summed E-state index contributed by atoms with van der Waals surface area (Å²) in [7, 11) is 3.19. The van der Waals surface area contributed by atoms with Crippen molar-refractivity contribution in [2.24, 2.45) is 0 Å². The van der Waals surface area contributed by atoms with Crippen LogP contribution in [0, 0.1) is 0 Å². The average molecular weight is 360 g/mol. The molecule has 1 aliphatic rings. The molecule has 0 radical (unpaired) electrons. The van der Waals surface area contributed by atoms with E-state index in [1.54, 1.807) is 20.3 Å². The third-order valence-electron chi connectivity index (χ3n) is 3.51. The van der Waals surface area contributed by atoms with Gasteiger partial charge in [-0.25, -0.2) is 0 Å². The van der Waals surface area contributed by atoms with E-state index < -0.39 is 0 Å². The summed E-state index contributed by atoms with van der Waals surface area (Å²) in [6.45, 7) is 0. The predicted octanol–water partition coefficient (Wildman–Crippen LogP) is 3.96. The van der Waals surface area contributed by atoms with Crippen LogP contribution in [0.5, 0.6) is 11.5 Å². The van der Waals surface area contributed by atoms with E-state index in [1.165, 1.54) is 0 Å². The van der Waals surface area contributed by atoms with Crippen molar-refractivity contribution in [2.75, 3.05) is 19.5 Å². The Bertz CT molecular complexity index is 783. The molecule has 1 amide bonds. The summed E-state index contributed by atoms with van der Waals surface area (Å²) in [6.07, 6.45) is 1.82. The molecule has 0 atom stereocenters. The minimum absolute atomic E-state index is 0.116. The Morgan fingerprint density at radius 3 is 2.55 bits per heavy atom. The van der Waals surface area contributed by atoms with Crippen molar-refractivity contribution in [2.45, 2.75) is 0 Å². The van der Waals surface area contributed by atoms with Gasteiger partial charge in [-0.15, -0.1) is 0 Å². The molecule has 0 fully saturated rings. The number of benzene rings is 2. The number of hydrogen-bond donors (Lipinski definition) is 1. The molecule has 0 aromatic heterocycles. The average Bonchev–Trinajstić information content (AvgIpc) is 2.84. The smallest absolute Gasteiger partial charge is 0.256 e. The van der Waals surface area contributed by atoms with Crippen molar-refractivity contribution in [3.8, 4) is 11.5 Å². The molecule has 0 saturated heterocycles. The molecule has 0 aliphatic carbocycles. The van der Waals surface area contributed by atoms with Gasteiger partial charge in [-0.2, -0.15) is 0 Å². The number of para-hydroxylation sites is 1. The quantitative estimate of drug-likeness (QED) is 0.843. The molecule has 0 unspecified atom stereocenters. The predicted molar refractivity (Wildman–Crippen MR) is 90.2 cm³/mol. The molecule has 2 aromatic rings. The van der Waals surface area contributed by atoms with Crippen molar-refractivity contribution in [3.05, 3.63) is 52.0 Å². The van der Waals surface area contributed by atoms with Crippen LogP contribution in [0.2, 0.25) is 0 Å². The molecule has 0 saturated carbocycles. The standard InChI is InChI=1S/C17H14BrNO3/c1-21-15-9-16(22-2)13(18)8-10(15)7-12-11-5-3-4-6-14(11)19-17(12)20/h3-9H,1-2H3,(H,19,20)/b12-7+. The van der Waals surface area contributed by atoms with Gasteiger partial charge in [0.05, 0.1) is 18.7 Å². The second-order valence-corrected chi connectivity index (χ2v) is 5.64. The second kappa shape index (κ2) is 5.85. The van der Waals surface area contributed by atoms with E-state index in [0.29, 0.717) is 17.1 Å². The fourth-order valence-corrected chi connectivity index (χ4v) is 2.96. The Kier molecular flexibility index (Phi) is 3.90. The highest BCUT2D eigenvalue weighted by atomic mass is 79.9. The Morgan fingerprint density at radius 1 is 1.09 bits per heavy atom. The lowest BCUT2D eigenvalue weighted by molar-refractivity contribution is -0.110. The Morgan fingerprint density at radius 2 is 1.82 bits per heavy atom. The Labute approximate surface area is 136 Å². The summed E-state index contributed by atoms with van der Waals surface area (Å²) in [4.78, 5) is 12.2. The molecule has 0 bridgehead atoms. The number of hydrogen-bond acceptors (Lipinski definition) is 3. The third kappa shape index (κ3) is 2.48. The maximum absolute atomic E-state index is 12.2. The van der Waals surface area contributed by atoms with Gasteiger partial charge in [0.25, 0.3) is 5.91 Å². The van der Waals surface area contributed by atoms with Gasteiger partial charge in [0.2, 0.25) is 0 Å². The summed E-state index contributed by atoms with van der Waals surface area (Å²) < 4.78 is 11.5. The summed E-state index contributed by atoms with van der Waals surface area (Å²) in [5, 5.41) is 2.86. The molecule has 1 N–H and O–H groups in total. The van der Waals surface area contributed by atoms with E-state index in [2.05, 4.69) is 21.2 Å². The Balaban J connectivity index is 2.13. The van der Waals surface area contributed by atoms with E-state index in [0.717, 1.165) is 21.3 Å². The molecule has 0 spiro atoms. The number of rotatable bonds is 3. The monoisotopic (exact) mass is 359 g/mol. The van der Waals surface area contributed by atoms with Gasteiger partial charge in [0, 0.05) is 28.5 Å². The van der Waals surface area contributed by atoms with Crippen LogP contribution >= 0.6 is 15.9 Å². The SMILES string of the molecule is COc1cc(OC)c(/C=C2/C(=O)Nc3ccccc32)cc1Br. The highest BCUT2D eigenvalue weighted by Gasteiger charge is 2.24. The van der Waals surface area contributed by atoms with Crippen molar-refractivity contribution >= 4 is 39.2 Å². The largest absolute Gasteiger partial charge is 0.496 e. The lowest BCUT2D eigenvalue weighted by Gasteiger charge is -2.10. The lowest BCUT2D eigenvalue weighted by Crippen LogP contribution is -2.03. The van der Waals surface area contributed by atoms with Crippen LogP contribution in [0.25, 0.3) is 11.6 Å². The van der Waals surface area contributed by atoms with Crippen LogP contribution in [0.1, 0.15) is 11.1 Å². The number of ether oxygens (including phenoxy) is 2. The minimum Gasteiger partial charge on any atom is -0.496 e. The zero-order valence-electron chi connectivity index (χ0n) is 12.1. The molecule has 22 heavy (non-hydrogen) atoms. The van der Waals surface area contributed by atoms with E-state index in [-0.39, 0.29) is 5.91 Å². The number of methoxy groups -OCH3 is 2. The van der Waals surface area contributed by atoms with Crippen molar-refractivity contribution in [1.29, 1.82) is 0 Å². The van der Waals surface area contributed by atoms with Gasteiger partial charge in [0.15, 0.2) is 0 Å². The Hall–Kier alpha value is -2.27. The van der Waals surface area contributed by atoms with Crippen LogP contribution in [0.3, 0.4) is 0 Å². The van der Waals surface area contributed by atoms with Crippen LogP contribution in [-0.2, 0) is 4.79 Å². The van der Waals surface area contributed by atoms with E-state index in [1.807, 2.05) is 36.4 Å². The first-order valence-electron chi connectivity index (χ1n) is 6.68. The number of nitrogens with one attached hydrogen (secondary N) is 1.